The number of aryl methyl sites for hydroxylation is 2. The van der Waals surface area contributed by atoms with Crippen molar-refractivity contribution in [2.75, 3.05) is 23.0 Å². The molecule has 1 amide bonds. The summed E-state index contributed by atoms with van der Waals surface area (Å²) in [6.07, 6.45) is -4.17. The Bertz CT molecular complexity index is 1500. The van der Waals surface area contributed by atoms with Gasteiger partial charge in [-0.25, -0.2) is 9.97 Å². The van der Waals surface area contributed by atoms with E-state index in [0.29, 0.717) is 28.8 Å². The minimum absolute atomic E-state index is 0.0264. The first-order valence-electron chi connectivity index (χ1n) is 12.1. The van der Waals surface area contributed by atoms with Gasteiger partial charge in [0.15, 0.2) is 5.82 Å². The van der Waals surface area contributed by atoms with Gasteiger partial charge >= 0.3 is 6.18 Å². The van der Waals surface area contributed by atoms with Crippen LogP contribution in [-0.2, 0) is 6.18 Å². The lowest BCUT2D eigenvalue weighted by Gasteiger charge is -2.16. The quantitative estimate of drug-likeness (QED) is 0.224. The molecule has 0 saturated heterocycles. The van der Waals surface area contributed by atoms with Crippen LogP contribution >= 0.6 is 0 Å². The number of amides is 1. The molecule has 1 unspecified atom stereocenters. The molecule has 4 aromatic rings. The summed E-state index contributed by atoms with van der Waals surface area (Å²) in [6, 6.07) is 11.6. The molecule has 1 atom stereocenters. The van der Waals surface area contributed by atoms with Crippen molar-refractivity contribution >= 4 is 28.9 Å². The molecule has 0 fully saturated rings. The number of aromatic nitrogens is 4. The lowest BCUT2D eigenvalue weighted by atomic mass is 9.99. The van der Waals surface area contributed by atoms with Crippen LogP contribution in [0.5, 0.6) is 0 Å². The maximum absolute atomic E-state index is 13.5. The zero-order valence-corrected chi connectivity index (χ0v) is 21.8. The van der Waals surface area contributed by atoms with E-state index >= 15 is 0 Å². The van der Waals surface area contributed by atoms with Gasteiger partial charge in [-0.2, -0.15) is 23.0 Å². The van der Waals surface area contributed by atoms with Gasteiger partial charge in [-0.1, -0.05) is 13.0 Å². The SMILES string of the molecule is CCC(O)c1cc(C(=O)Nc2ccc(C)c(Nc3cc(C)nn3-c3cc(NC)ncn3)c2)cc(C(F)(F)F)c1. The molecule has 0 spiro atoms. The number of hydrogen-bond donors (Lipinski definition) is 4. The van der Waals surface area contributed by atoms with Crippen LogP contribution in [0, 0.1) is 13.8 Å². The first-order chi connectivity index (χ1) is 18.5. The first-order valence-corrected chi connectivity index (χ1v) is 12.1. The molecule has 4 N–H and O–H groups in total. The van der Waals surface area contributed by atoms with Crippen LogP contribution in [0.15, 0.2) is 54.9 Å². The van der Waals surface area contributed by atoms with E-state index in [1.807, 2.05) is 19.9 Å². The third kappa shape index (κ3) is 6.34. The molecule has 39 heavy (non-hydrogen) atoms. The number of benzene rings is 2. The molecule has 0 radical (unpaired) electrons. The summed E-state index contributed by atoms with van der Waals surface area (Å²) < 4.78 is 42.0. The second kappa shape index (κ2) is 11.1. The van der Waals surface area contributed by atoms with Gasteiger partial charge in [0, 0.05) is 36.1 Å². The first kappa shape index (κ1) is 27.6. The van der Waals surface area contributed by atoms with E-state index in [2.05, 4.69) is 31.0 Å². The molecule has 2 aromatic heterocycles. The summed E-state index contributed by atoms with van der Waals surface area (Å²) in [5.41, 5.74) is 1.41. The molecule has 4 rings (SSSR count). The minimum atomic E-state index is -4.67. The van der Waals surface area contributed by atoms with Crippen molar-refractivity contribution < 1.29 is 23.1 Å². The van der Waals surface area contributed by atoms with Crippen molar-refractivity contribution in [1.29, 1.82) is 0 Å². The third-order valence-corrected chi connectivity index (χ3v) is 6.03. The number of carbonyl (C=O) groups is 1. The average molecular weight is 540 g/mol. The number of rotatable bonds is 8. The molecule has 0 aliphatic heterocycles. The van der Waals surface area contributed by atoms with E-state index in [1.165, 1.54) is 12.4 Å². The van der Waals surface area contributed by atoms with Crippen molar-refractivity contribution in [2.24, 2.45) is 0 Å². The molecule has 0 bridgehead atoms. The fourth-order valence-electron chi connectivity index (χ4n) is 3.91. The summed E-state index contributed by atoms with van der Waals surface area (Å²) in [5, 5.41) is 23.6. The monoisotopic (exact) mass is 539 g/mol. The van der Waals surface area contributed by atoms with Crippen molar-refractivity contribution in [3.8, 4) is 5.82 Å². The van der Waals surface area contributed by atoms with Crippen LogP contribution in [0.2, 0.25) is 0 Å². The number of nitrogens with one attached hydrogen (secondary N) is 3. The molecule has 2 heterocycles. The predicted octanol–water partition coefficient (Wildman–Crippen LogP) is 5.78. The smallest absolute Gasteiger partial charge is 0.388 e. The van der Waals surface area contributed by atoms with Gasteiger partial charge in [0.25, 0.3) is 5.91 Å². The summed E-state index contributed by atoms with van der Waals surface area (Å²) in [7, 11) is 1.74. The molecule has 0 aliphatic carbocycles. The van der Waals surface area contributed by atoms with Crippen molar-refractivity contribution in [3.05, 3.63) is 82.8 Å². The maximum Gasteiger partial charge on any atom is 0.416 e. The van der Waals surface area contributed by atoms with E-state index in [-0.39, 0.29) is 17.5 Å². The van der Waals surface area contributed by atoms with Crippen molar-refractivity contribution in [3.63, 3.8) is 0 Å². The molecular formula is C27H28F3N7O2. The molecule has 0 saturated carbocycles. The topological polar surface area (TPSA) is 117 Å². The van der Waals surface area contributed by atoms with Crippen molar-refractivity contribution in [2.45, 2.75) is 39.5 Å². The molecule has 12 heteroatoms. The van der Waals surface area contributed by atoms with E-state index in [9.17, 15) is 23.1 Å². The number of alkyl halides is 3. The highest BCUT2D eigenvalue weighted by molar-refractivity contribution is 6.04. The van der Waals surface area contributed by atoms with Gasteiger partial charge < -0.3 is 21.1 Å². The van der Waals surface area contributed by atoms with Crippen LogP contribution < -0.4 is 16.0 Å². The largest absolute Gasteiger partial charge is 0.416 e. The minimum Gasteiger partial charge on any atom is -0.388 e. The van der Waals surface area contributed by atoms with E-state index in [0.717, 1.165) is 23.4 Å². The maximum atomic E-state index is 13.5. The highest BCUT2D eigenvalue weighted by Gasteiger charge is 2.32. The molecule has 9 nitrogen and oxygen atoms in total. The van der Waals surface area contributed by atoms with Crippen LogP contribution in [0.25, 0.3) is 5.82 Å². The Kier molecular flexibility index (Phi) is 7.86. The lowest BCUT2D eigenvalue weighted by Crippen LogP contribution is -2.16. The van der Waals surface area contributed by atoms with E-state index in [4.69, 9.17) is 0 Å². The van der Waals surface area contributed by atoms with E-state index < -0.39 is 23.8 Å². The Balaban J connectivity index is 1.62. The highest BCUT2D eigenvalue weighted by atomic mass is 19.4. The van der Waals surface area contributed by atoms with E-state index in [1.54, 1.807) is 42.9 Å². The number of halogens is 3. The number of aliphatic hydroxyl groups is 1. The van der Waals surface area contributed by atoms with Crippen LogP contribution in [-0.4, -0.2) is 37.8 Å². The van der Waals surface area contributed by atoms with Crippen molar-refractivity contribution in [1.82, 2.24) is 19.7 Å². The van der Waals surface area contributed by atoms with Gasteiger partial charge in [0.1, 0.15) is 18.0 Å². The number of hydrogen-bond acceptors (Lipinski definition) is 7. The summed E-state index contributed by atoms with van der Waals surface area (Å²) in [6.45, 7) is 5.35. The van der Waals surface area contributed by atoms with Crippen LogP contribution in [0.1, 0.15) is 52.2 Å². The average Bonchev–Trinajstić information content (AvgIpc) is 3.29. The normalized spacial score (nSPS) is 12.2. The number of anilines is 4. The fourth-order valence-corrected chi connectivity index (χ4v) is 3.91. The Morgan fingerprint density at radius 2 is 1.85 bits per heavy atom. The third-order valence-electron chi connectivity index (χ3n) is 6.03. The zero-order chi connectivity index (χ0) is 28.3. The summed E-state index contributed by atoms with van der Waals surface area (Å²) in [5.74, 6) is 1.02. The van der Waals surface area contributed by atoms with Gasteiger partial charge in [0.05, 0.1) is 17.4 Å². The second-order valence-electron chi connectivity index (χ2n) is 8.97. The molecule has 2 aromatic carbocycles. The molecular weight excluding hydrogens is 511 g/mol. The highest BCUT2D eigenvalue weighted by Crippen LogP contribution is 2.33. The van der Waals surface area contributed by atoms with Gasteiger partial charge in [-0.05, 0) is 61.7 Å². The summed E-state index contributed by atoms with van der Waals surface area (Å²) in [4.78, 5) is 21.4. The lowest BCUT2D eigenvalue weighted by molar-refractivity contribution is -0.137. The van der Waals surface area contributed by atoms with Gasteiger partial charge in [0.2, 0.25) is 0 Å². The number of nitrogens with zero attached hydrogens (tertiary/aromatic N) is 4. The number of aliphatic hydroxyl groups excluding tert-OH is 1. The number of carbonyl (C=O) groups excluding carboxylic acids is 1. The van der Waals surface area contributed by atoms with Gasteiger partial charge in [-0.3, -0.25) is 4.79 Å². The zero-order valence-electron chi connectivity index (χ0n) is 21.8. The Morgan fingerprint density at radius 3 is 2.54 bits per heavy atom. The Hall–Kier alpha value is -4.45. The Morgan fingerprint density at radius 1 is 1.08 bits per heavy atom. The second-order valence-corrected chi connectivity index (χ2v) is 8.97. The van der Waals surface area contributed by atoms with Crippen LogP contribution in [0.4, 0.5) is 36.2 Å². The molecule has 0 aliphatic rings. The van der Waals surface area contributed by atoms with Crippen LogP contribution in [0.3, 0.4) is 0 Å². The fraction of sp³-hybridized carbons (Fsp3) is 0.259. The van der Waals surface area contributed by atoms with Gasteiger partial charge in [-0.15, -0.1) is 0 Å². The standard InChI is InChI=1S/C27H28F3N7O2/c1-5-22(38)17-9-18(11-19(10-17)27(28,29)30)26(39)34-20-7-6-15(2)21(12-20)35-25-8-16(3)36-37(25)24-13-23(31-4)32-14-33-24/h6-14,22,35,38H,5H2,1-4H3,(H,34,39)(H,31,32,33). The molecule has 204 valence electrons. The Labute approximate surface area is 223 Å². The summed E-state index contributed by atoms with van der Waals surface area (Å²) >= 11 is 0. The predicted molar refractivity (Wildman–Crippen MR) is 143 cm³/mol.